The number of nitrogens with zero attached hydrogens (tertiary/aromatic N) is 2. The third kappa shape index (κ3) is 2.18. The van der Waals surface area contributed by atoms with Gasteiger partial charge in [-0.3, -0.25) is 0 Å². The van der Waals surface area contributed by atoms with Crippen LogP contribution in [0.3, 0.4) is 0 Å². The van der Waals surface area contributed by atoms with Crippen LogP contribution in [0, 0.1) is 5.92 Å². The summed E-state index contributed by atoms with van der Waals surface area (Å²) >= 11 is 6.45. The van der Waals surface area contributed by atoms with E-state index in [2.05, 4.69) is 17.6 Å². The van der Waals surface area contributed by atoms with Crippen LogP contribution in [0.1, 0.15) is 57.3 Å². The first-order chi connectivity index (χ1) is 10.1. The molecule has 2 aliphatic rings. The molecule has 2 N–H and O–H groups in total. The van der Waals surface area contributed by atoms with E-state index in [0.29, 0.717) is 6.04 Å². The topological polar surface area (TPSA) is 43.8 Å². The van der Waals surface area contributed by atoms with E-state index in [1.54, 1.807) is 0 Å². The van der Waals surface area contributed by atoms with Crippen molar-refractivity contribution in [1.29, 1.82) is 0 Å². The van der Waals surface area contributed by atoms with Crippen LogP contribution in [0.4, 0.5) is 0 Å². The largest absolute Gasteiger partial charge is 0.322 e. The Hall–Kier alpha value is -1.06. The third-order valence-electron chi connectivity index (χ3n) is 5.18. The fourth-order valence-electron chi connectivity index (χ4n) is 3.65. The first-order valence-electron chi connectivity index (χ1n) is 8.04. The summed E-state index contributed by atoms with van der Waals surface area (Å²) in [5.41, 5.74) is 8.59. The summed E-state index contributed by atoms with van der Waals surface area (Å²) in [5.74, 6) is 1.85. The van der Waals surface area contributed by atoms with Gasteiger partial charge in [0, 0.05) is 6.04 Å². The normalized spacial score (nSPS) is 30.0. The van der Waals surface area contributed by atoms with E-state index in [4.69, 9.17) is 22.3 Å². The monoisotopic (exact) mass is 303 g/mol. The molecule has 0 spiro atoms. The van der Waals surface area contributed by atoms with E-state index in [-0.39, 0.29) is 5.54 Å². The molecule has 112 valence electrons. The van der Waals surface area contributed by atoms with Crippen LogP contribution in [0.5, 0.6) is 0 Å². The molecule has 3 nitrogen and oxygen atoms in total. The number of benzene rings is 1. The molecule has 0 saturated heterocycles. The smallest absolute Gasteiger partial charge is 0.130 e. The Morgan fingerprint density at radius 3 is 2.62 bits per heavy atom. The van der Waals surface area contributed by atoms with Crippen LogP contribution >= 0.6 is 11.6 Å². The number of hydrogen-bond acceptors (Lipinski definition) is 2. The lowest BCUT2D eigenvalue weighted by molar-refractivity contribution is 0.231. The summed E-state index contributed by atoms with van der Waals surface area (Å²) in [6.07, 6.45) is 6.88. The van der Waals surface area contributed by atoms with Gasteiger partial charge in [-0.1, -0.05) is 24.6 Å². The Morgan fingerprint density at radius 1 is 1.24 bits per heavy atom. The molecule has 0 atom stereocenters. The van der Waals surface area contributed by atoms with Crippen molar-refractivity contribution >= 4 is 22.6 Å². The second kappa shape index (κ2) is 4.72. The molecule has 4 heteroatoms. The first kappa shape index (κ1) is 13.6. The van der Waals surface area contributed by atoms with Crippen LogP contribution in [-0.4, -0.2) is 9.55 Å². The number of aromatic nitrogens is 2. The minimum atomic E-state index is -0.280. The van der Waals surface area contributed by atoms with E-state index in [1.165, 1.54) is 25.7 Å². The van der Waals surface area contributed by atoms with E-state index < -0.39 is 0 Å². The Bertz CT molecular complexity index is 679. The summed E-state index contributed by atoms with van der Waals surface area (Å²) in [4.78, 5) is 4.91. The maximum atomic E-state index is 6.80. The Morgan fingerprint density at radius 2 is 1.95 bits per heavy atom. The van der Waals surface area contributed by atoms with Gasteiger partial charge in [0.1, 0.15) is 5.82 Å². The SMILES string of the molecule is CC1CCC(N)(c2nc3cccc(Cl)c3n2C2CC2)CC1. The lowest BCUT2D eigenvalue weighted by atomic mass is 9.77. The summed E-state index contributed by atoms with van der Waals surface area (Å²) < 4.78 is 2.35. The minimum Gasteiger partial charge on any atom is -0.322 e. The lowest BCUT2D eigenvalue weighted by Crippen LogP contribution is -2.42. The van der Waals surface area contributed by atoms with Crippen molar-refractivity contribution in [3.8, 4) is 0 Å². The third-order valence-corrected chi connectivity index (χ3v) is 5.49. The predicted molar refractivity (Wildman–Crippen MR) is 86.5 cm³/mol. The zero-order valence-corrected chi connectivity index (χ0v) is 13.2. The van der Waals surface area contributed by atoms with Gasteiger partial charge in [-0.15, -0.1) is 0 Å². The van der Waals surface area contributed by atoms with E-state index >= 15 is 0 Å². The number of hydrogen-bond donors (Lipinski definition) is 1. The van der Waals surface area contributed by atoms with E-state index in [1.807, 2.05) is 12.1 Å². The van der Waals surface area contributed by atoms with Crippen LogP contribution in [0.15, 0.2) is 18.2 Å². The van der Waals surface area contributed by atoms with Gasteiger partial charge in [0.25, 0.3) is 0 Å². The molecule has 21 heavy (non-hydrogen) atoms. The van der Waals surface area contributed by atoms with Gasteiger partial charge in [0.2, 0.25) is 0 Å². The molecule has 0 bridgehead atoms. The quantitative estimate of drug-likeness (QED) is 0.894. The Labute approximate surface area is 130 Å². The Balaban J connectivity index is 1.88. The van der Waals surface area contributed by atoms with Gasteiger partial charge >= 0.3 is 0 Å². The van der Waals surface area contributed by atoms with Gasteiger partial charge in [-0.2, -0.15) is 0 Å². The number of para-hydroxylation sites is 1. The number of halogens is 1. The molecule has 2 saturated carbocycles. The van der Waals surface area contributed by atoms with Crippen LogP contribution in [0.25, 0.3) is 11.0 Å². The molecule has 1 heterocycles. The highest BCUT2D eigenvalue weighted by Crippen LogP contribution is 2.45. The van der Waals surface area contributed by atoms with Gasteiger partial charge in [0.05, 0.1) is 21.6 Å². The molecule has 0 unspecified atom stereocenters. The van der Waals surface area contributed by atoms with Gasteiger partial charge in [0.15, 0.2) is 0 Å². The second-order valence-electron chi connectivity index (χ2n) is 6.98. The number of nitrogens with two attached hydrogens (primary N) is 1. The second-order valence-corrected chi connectivity index (χ2v) is 7.39. The molecule has 2 aromatic rings. The van der Waals surface area contributed by atoms with Crippen molar-refractivity contribution in [2.75, 3.05) is 0 Å². The number of fused-ring (bicyclic) bond motifs is 1. The predicted octanol–water partition coefficient (Wildman–Crippen LogP) is 4.39. The zero-order chi connectivity index (χ0) is 14.6. The maximum absolute atomic E-state index is 6.80. The standard InChI is InChI=1S/C17H22ClN3/c1-11-7-9-17(19,10-8-11)16-20-14-4-2-3-13(18)15(14)21(16)12-5-6-12/h2-4,11-12H,5-10,19H2,1H3. The van der Waals surface area contributed by atoms with Gasteiger partial charge < -0.3 is 10.3 Å². The molecule has 0 aliphatic heterocycles. The fraction of sp³-hybridized carbons (Fsp3) is 0.588. The fourth-order valence-corrected chi connectivity index (χ4v) is 3.91. The molecule has 2 aliphatic carbocycles. The summed E-state index contributed by atoms with van der Waals surface area (Å²) in [5, 5.41) is 0.797. The molecule has 2 fully saturated rings. The van der Waals surface area contributed by atoms with Gasteiger partial charge in [-0.25, -0.2) is 4.98 Å². The molecule has 1 aromatic heterocycles. The summed E-state index contributed by atoms with van der Waals surface area (Å²) in [6, 6.07) is 6.54. The Kier molecular flexibility index (Phi) is 3.05. The maximum Gasteiger partial charge on any atom is 0.130 e. The highest BCUT2D eigenvalue weighted by Gasteiger charge is 2.40. The first-order valence-corrected chi connectivity index (χ1v) is 8.42. The summed E-state index contributed by atoms with van der Waals surface area (Å²) in [7, 11) is 0. The summed E-state index contributed by atoms with van der Waals surface area (Å²) in [6.45, 7) is 2.32. The van der Waals surface area contributed by atoms with Crippen LogP contribution < -0.4 is 5.73 Å². The minimum absolute atomic E-state index is 0.280. The van der Waals surface area contributed by atoms with Crippen LogP contribution in [-0.2, 0) is 5.54 Å². The van der Waals surface area contributed by atoms with Crippen molar-refractivity contribution in [3.63, 3.8) is 0 Å². The highest BCUT2D eigenvalue weighted by atomic mass is 35.5. The molecular weight excluding hydrogens is 282 g/mol. The average Bonchev–Trinajstić information content (AvgIpc) is 3.22. The number of rotatable bonds is 2. The molecule has 0 amide bonds. The van der Waals surface area contributed by atoms with Crippen molar-refractivity contribution in [1.82, 2.24) is 9.55 Å². The average molecular weight is 304 g/mol. The van der Waals surface area contributed by atoms with Crippen molar-refractivity contribution in [2.24, 2.45) is 11.7 Å². The van der Waals surface area contributed by atoms with Crippen LogP contribution in [0.2, 0.25) is 5.02 Å². The van der Waals surface area contributed by atoms with E-state index in [9.17, 15) is 0 Å². The van der Waals surface area contributed by atoms with E-state index in [0.717, 1.165) is 40.6 Å². The molecule has 1 aromatic carbocycles. The van der Waals surface area contributed by atoms with Crippen molar-refractivity contribution < 1.29 is 0 Å². The molecular formula is C17H22ClN3. The van der Waals surface area contributed by atoms with Crippen molar-refractivity contribution in [2.45, 2.75) is 57.0 Å². The van der Waals surface area contributed by atoms with Gasteiger partial charge in [-0.05, 0) is 56.6 Å². The van der Waals surface area contributed by atoms with Crippen molar-refractivity contribution in [3.05, 3.63) is 29.0 Å². The lowest BCUT2D eigenvalue weighted by Gasteiger charge is -2.36. The molecule has 4 rings (SSSR count). The zero-order valence-electron chi connectivity index (χ0n) is 12.5. The highest BCUT2D eigenvalue weighted by molar-refractivity contribution is 6.35. The number of imidazole rings is 1. The molecule has 0 radical (unpaired) electrons.